The number of ether oxygens (including phenoxy) is 1. The highest BCUT2D eigenvalue weighted by atomic mass is 19.4. The first-order chi connectivity index (χ1) is 14.7. The van der Waals surface area contributed by atoms with E-state index >= 15 is 0 Å². The van der Waals surface area contributed by atoms with Crippen molar-refractivity contribution in [3.05, 3.63) is 40.9 Å². The van der Waals surface area contributed by atoms with Gasteiger partial charge in [0, 0.05) is 13.1 Å². The van der Waals surface area contributed by atoms with E-state index < -0.39 is 29.6 Å². The minimum atomic E-state index is -4.81. The van der Waals surface area contributed by atoms with Gasteiger partial charge in [0.05, 0.1) is 19.2 Å². The molecule has 4 rings (SSSR count). The number of nitrogens with one attached hydrogen (secondary N) is 2. The second-order valence-corrected chi connectivity index (χ2v) is 7.43. The number of fused-ring (bicyclic) bond motifs is 1. The molecule has 2 unspecified atom stereocenters. The monoisotopic (exact) mass is 441 g/mol. The molecule has 0 aliphatic carbocycles. The summed E-state index contributed by atoms with van der Waals surface area (Å²) in [4.78, 5) is 30.2. The lowest BCUT2D eigenvalue weighted by Gasteiger charge is -2.30. The molecule has 9 nitrogen and oxygen atoms in total. The molecule has 1 amide bonds. The van der Waals surface area contributed by atoms with Crippen LogP contribution < -0.4 is 10.9 Å². The second-order valence-electron chi connectivity index (χ2n) is 7.43. The van der Waals surface area contributed by atoms with Gasteiger partial charge in [-0.3, -0.25) is 4.79 Å². The largest absolute Gasteiger partial charge is 0.465 e. The molecule has 4 heterocycles. The minimum Gasteiger partial charge on any atom is -0.465 e. The van der Waals surface area contributed by atoms with E-state index in [-0.39, 0.29) is 44.0 Å². The third-order valence-corrected chi connectivity index (χ3v) is 5.33. The highest BCUT2D eigenvalue weighted by Crippen LogP contribution is 2.34. The average molecular weight is 441 g/mol. The molecule has 2 atom stereocenters. The van der Waals surface area contributed by atoms with Crippen LogP contribution in [0.25, 0.3) is 0 Å². The Bertz CT molecular complexity index is 999. The standard InChI is InChI=1S/C19H22F3N5O4/c1-3-30-18(29)15-16(19(20,21)22)23-14-9-26(6-7-27(14)15)17(28)12-8-11(24-25-12)13-5-4-10(2)31-13/h4-5,11-12,24-25H,3,6-9H2,1-2H3. The number of hydrogen-bond donors (Lipinski definition) is 2. The van der Waals surface area contributed by atoms with Crippen LogP contribution in [0.15, 0.2) is 16.5 Å². The lowest BCUT2D eigenvalue weighted by Crippen LogP contribution is -2.48. The molecule has 0 bridgehead atoms. The zero-order valence-electron chi connectivity index (χ0n) is 17.0. The summed E-state index contributed by atoms with van der Waals surface area (Å²) in [5, 5.41) is 0. The van der Waals surface area contributed by atoms with Crippen molar-refractivity contribution >= 4 is 11.9 Å². The van der Waals surface area contributed by atoms with Crippen molar-refractivity contribution < 1.29 is 31.9 Å². The summed E-state index contributed by atoms with van der Waals surface area (Å²) < 4.78 is 51.9. The fraction of sp³-hybridized carbons (Fsp3) is 0.526. The Hall–Kier alpha value is -2.86. The third kappa shape index (κ3) is 4.04. The van der Waals surface area contributed by atoms with Crippen molar-refractivity contribution in [1.82, 2.24) is 25.3 Å². The van der Waals surface area contributed by atoms with E-state index in [1.54, 1.807) is 0 Å². The van der Waals surface area contributed by atoms with Gasteiger partial charge in [0.15, 0.2) is 11.4 Å². The molecule has 168 valence electrons. The molecule has 1 saturated heterocycles. The van der Waals surface area contributed by atoms with Gasteiger partial charge in [-0.15, -0.1) is 0 Å². The molecule has 0 aromatic carbocycles. The van der Waals surface area contributed by atoms with E-state index in [2.05, 4.69) is 15.8 Å². The predicted molar refractivity (Wildman–Crippen MR) is 99.5 cm³/mol. The number of carbonyl (C=O) groups is 2. The molecule has 2 aromatic rings. The molecule has 2 aliphatic heterocycles. The van der Waals surface area contributed by atoms with Crippen molar-refractivity contribution in [2.24, 2.45) is 0 Å². The van der Waals surface area contributed by atoms with Crippen LogP contribution in [0, 0.1) is 6.92 Å². The molecular weight excluding hydrogens is 419 g/mol. The molecule has 0 spiro atoms. The molecule has 31 heavy (non-hydrogen) atoms. The third-order valence-electron chi connectivity index (χ3n) is 5.33. The van der Waals surface area contributed by atoms with Gasteiger partial charge in [-0.1, -0.05) is 0 Å². The Morgan fingerprint density at radius 1 is 1.29 bits per heavy atom. The van der Waals surface area contributed by atoms with E-state index in [4.69, 9.17) is 9.15 Å². The number of aromatic nitrogens is 2. The fourth-order valence-corrected chi connectivity index (χ4v) is 3.89. The summed E-state index contributed by atoms with van der Waals surface area (Å²) in [5.74, 6) is 0.111. The van der Waals surface area contributed by atoms with Crippen molar-refractivity contribution in [3.63, 3.8) is 0 Å². The molecular formula is C19H22F3N5O4. The van der Waals surface area contributed by atoms with Gasteiger partial charge in [-0.25, -0.2) is 20.6 Å². The number of aryl methyl sites for hydroxylation is 1. The first-order valence-electron chi connectivity index (χ1n) is 9.89. The number of halogens is 3. The first-order valence-corrected chi connectivity index (χ1v) is 9.89. The maximum absolute atomic E-state index is 13.5. The Morgan fingerprint density at radius 3 is 2.71 bits per heavy atom. The molecule has 12 heteroatoms. The van der Waals surface area contributed by atoms with Gasteiger partial charge in [0.2, 0.25) is 5.91 Å². The van der Waals surface area contributed by atoms with Crippen molar-refractivity contribution in [3.8, 4) is 0 Å². The van der Waals surface area contributed by atoms with Crippen LogP contribution in [0.2, 0.25) is 0 Å². The Kier molecular flexibility index (Phi) is 5.52. The van der Waals surface area contributed by atoms with Gasteiger partial charge in [0.25, 0.3) is 0 Å². The van der Waals surface area contributed by atoms with Crippen LogP contribution in [0.1, 0.15) is 52.9 Å². The van der Waals surface area contributed by atoms with Gasteiger partial charge >= 0.3 is 12.1 Å². The maximum Gasteiger partial charge on any atom is 0.435 e. The van der Waals surface area contributed by atoms with Gasteiger partial charge in [-0.05, 0) is 32.4 Å². The van der Waals surface area contributed by atoms with Gasteiger partial charge in [0.1, 0.15) is 23.4 Å². The number of amides is 1. The Balaban J connectivity index is 1.51. The topological polar surface area (TPSA) is 102 Å². The number of imidazole rings is 1. The van der Waals surface area contributed by atoms with E-state index in [1.165, 1.54) is 16.4 Å². The molecule has 1 fully saturated rings. The summed E-state index contributed by atoms with van der Waals surface area (Å²) >= 11 is 0. The van der Waals surface area contributed by atoms with Gasteiger partial charge in [-0.2, -0.15) is 13.2 Å². The highest BCUT2D eigenvalue weighted by molar-refractivity contribution is 5.89. The van der Waals surface area contributed by atoms with E-state index in [9.17, 15) is 22.8 Å². The van der Waals surface area contributed by atoms with Crippen LogP contribution in [0.5, 0.6) is 0 Å². The Morgan fingerprint density at radius 2 is 2.06 bits per heavy atom. The van der Waals surface area contributed by atoms with E-state index in [0.717, 1.165) is 5.76 Å². The number of furan rings is 1. The SMILES string of the molecule is CCOC(=O)c1c(C(F)(F)F)nc2n1CCN(C(=O)C1CC(c3ccc(C)o3)NN1)C2. The first kappa shape index (κ1) is 21.4. The zero-order chi connectivity index (χ0) is 22.3. The average Bonchev–Trinajstić information content (AvgIpc) is 3.44. The summed E-state index contributed by atoms with van der Waals surface area (Å²) in [7, 11) is 0. The molecule has 2 N–H and O–H groups in total. The highest BCUT2D eigenvalue weighted by Gasteiger charge is 2.43. The number of rotatable bonds is 4. The zero-order valence-corrected chi connectivity index (χ0v) is 17.0. The Labute approximate surface area is 175 Å². The van der Waals surface area contributed by atoms with Crippen LogP contribution in [0.3, 0.4) is 0 Å². The summed E-state index contributed by atoms with van der Waals surface area (Å²) in [5.41, 5.74) is 4.04. The minimum absolute atomic E-state index is 0.000793. The molecule has 2 aromatic heterocycles. The smallest absolute Gasteiger partial charge is 0.435 e. The fourth-order valence-electron chi connectivity index (χ4n) is 3.89. The lowest BCUT2D eigenvalue weighted by atomic mass is 10.1. The quantitative estimate of drug-likeness (QED) is 0.699. The van der Waals surface area contributed by atoms with Crippen LogP contribution >= 0.6 is 0 Å². The van der Waals surface area contributed by atoms with Crippen molar-refractivity contribution in [1.29, 1.82) is 0 Å². The van der Waals surface area contributed by atoms with Crippen molar-refractivity contribution in [2.75, 3.05) is 13.2 Å². The predicted octanol–water partition coefficient (Wildman–Crippen LogP) is 1.93. The molecule has 2 aliphatic rings. The number of carbonyl (C=O) groups excluding carboxylic acids is 2. The number of hydrogen-bond acceptors (Lipinski definition) is 7. The summed E-state index contributed by atoms with van der Waals surface area (Å²) in [6, 6.07) is 2.90. The second kappa shape index (κ2) is 8.00. The maximum atomic E-state index is 13.5. The number of esters is 1. The normalized spacial score (nSPS) is 21.3. The van der Waals surface area contributed by atoms with Crippen molar-refractivity contribution in [2.45, 2.75) is 51.6 Å². The summed E-state index contributed by atoms with van der Waals surface area (Å²) in [6.07, 6.45) is -4.38. The van der Waals surface area contributed by atoms with E-state index in [1.807, 2.05) is 19.1 Å². The van der Waals surface area contributed by atoms with E-state index in [0.29, 0.717) is 12.2 Å². The molecule has 0 radical (unpaired) electrons. The van der Waals surface area contributed by atoms with Crippen LogP contribution in [-0.4, -0.2) is 45.5 Å². The number of hydrazine groups is 1. The number of alkyl halides is 3. The lowest BCUT2D eigenvalue weighted by molar-refractivity contribution is -0.141. The number of nitrogens with zero attached hydrogens (tertiary/aromatic N) is 3. The van der Waals surface area contributed by atoms with Crippen LogP contribution in [0.4, 0.5) is 13.2 Å². The van der Waals surface area contributed by atoms with Gasteiger partial charge < -0.3 is 18.6 Å². The summed E-state index contributed by atoms with van der Waals surface area (Å²) in [6.45, 7) is 3.30. The molecule has 0 saturated carbocycles. The van der Waals surface area contributed by atoms with Crippen LogP contribution in [-0.2, 0) is 28.8 Å².